The van der Waals surface area contributed by atoms with E-state index in [9.17, 15) is 4.79 Å². The minimum atomic E-state index is -0.625. The predicted octanol–water partition coefficient (Wildman–Crippen LogP) is 2.92. The summed E-state index contributed by atoms with van der Waals surface area (Å²) in [7, 11) is 0. The van der Waals surface area contributed by atoms with Crippen molar-refractivity contribution in [1.82, 2.24) is 4.90 Å². The average molecular weight is 309 g/mol. The van der Waals surface area contributed by atoms with E-state index in [-0.39, 0.29) is 12.0 Å². The number of nitrogens with zero attached hydrogens (tertiary/aromatic N) is 1. The summed E-state index contributed by atoms with van der Waals surface area (Å²) in [6.07, 6.45) is 2.98. The lowest BCUT2D eigenvalue weighted by molar-refractivity contribution is -0.149. The number of hydrogen-bond donors (Lipinski definition) is 1. The third-order valence-electron chi connectivity index (χ3n) is 4.58. The van der Waals surface area contributed by atoms with Crippen molar-refractivity contribution in [2.75, 3.05) is 25.0 Å². The number of halogens is 1. The molecule has 4 nitrogen and oxygen atoms in total. The SMILES string of the molecule is CCOC(=O)C1(Nc2ccc(Cl)cc2)CCN2CCCC21. The van der Waals surface area contributed by atoms with Gasteiger partial charge >= 0.3 is 5.97 Å². The fourth-order valence-corrected chi connectivity index (χ4v) is 3.75. The molecule has 0 aliphatic carbocycles. The van der Waals surface area contributed by atoms with Crippen LogP contribution in [0, 0.1) is 0 Å². The fourth-order valence-electron chi connectivity index (χ4n) is 3.62. The molecular formula is C16H21ClN2O2. The summed E-state index contributed by atoms with van der Waals surface area (Å²) in [6.45, 7) is 4.29. The Balaban J connectivity index is 1.89. The number of esters is 1. The van der Waals surface area contributed by atoms with Crippen molar-refractivity contribution in [2.45, 2.75) is 37.8 Å². The lowest BCUT2D eigenvalue weighted by atomic mass is 9.88. The van der Waals surface area contributed by atoms with Gasteiger partial charge in [-0.25, -0.2) is 4.79 Å². The van der Waals surface area contributed by atoms with Crippen molar-refractivity contribution in [2.24, 2.45) is 0 Å². The molecule has 1 N–H and O–H groups in total. The zero-order valence-electron chi connectivity index (χ0n) is 12.3. The number of nitrogens with one attached hydrogen (secondary N) is 1. The lowest BCUT2D eigenvalue weighted by Crippen LogP contribution is -2.55. The van der Waals surface area contributed by atoms with E-state index in [1.165, 1.54) is 0 Å². The summed E-state index contributed by atoms with van der Waals surface area (Å²) in [4.78, 5) is 15.0. The molecule has 0 saturated carbocycles. The van der Waals surface area contributed by atoms with Crippen LogP contribution in [0.5, 0.6) is 0 Å². The van der Waals surface area contributed by atoms with Crippen LogP contribution in [0.15, 0.2) is 24.3 Å². The van der Waals surface area contributed by atoms with Gasteiger partial charge in [-0.1, -0.05) is 11.6 Å². The minimum absolute atomic E-state index is 0.130. The van der Waals surface area contributed by atoms with E-state index in [0.29, 0.717) is 11.6 Å². The van der Waals surface area contributed by atoms with Gasteiger partial charge in [0.25, 0.3) is 0 Å². The van der Waals surface area contributed by atoms with Gasteiger partial charge in [0, 0.05) is 23.3 Å². The summed E-state index contributed by atoms with van der Waals surface area (Å²) in [5.74, 6) is -0.130. The van der Waals surface area contributed by atoms with E-state index in [1.54, 1.807) is 0 Å². The molecule has 2 atom stereocenters. The summed E-state index contributed by atoms with van der Waals surface area (Å²) in [5.41, 5.74) is 0.293. The lowest BCUT2D eigenvalue weighted by Gasteiger charge is -2.34. The highest BCUT2D eigenvalue weighted by atomic mass is 35.5. The van der Waals surface area contributed by atoms with Gasteiger partial charge in [0.05, 0.1) is 6.61 Å². The molecule has 2 aliphatic heterocycles. The summed E-state index contributed by atoms with van der Waals surface area (Å²) < 4.78 is 5.38. The molecule has 0 aromatic heterocycles. The van der Waals surface area contributed by atoms with E-state index >= 15 is 0 Å². The third kappa shape index (κ3) is 2.62. The van der Waals surface area contributed by atoms with E-state index in [2.05, 4.69) is 10.2 Å². The molecular weight excluding hydrogens is 288 g/mol. The second-order valence-electron chi connectivity index (χ2n) is 5.77. The minimum Gasteiger partial charge on any atom is -0.464 e. The number of hydrogen-bond acceptors (Lipinski definition) is 4. The van der Waals surface area contributed by atoms with Crippen molar-refractivity contribution < 1.29 is 9.53 Å². The monoisotopic (exact) mass is 308 g/mol. The number of carbonyl (C=O) groups is 1. The van der Waals surface area contributed by atoms with E-state index in [4.69, 9.17) is 16.3 Å². The Morgan fingerprint density at radius 2 is 2.19 bits per heavy atom. The summed E-state index contributed by atoms with van der Waals surface area (Å²) in [5, 5.41) is 4.16. The first kappa shape index (κ1) is 14.7. The maximum Gasteiger partial charge on any atom is 0.333 e. The summed E-state index contributed by atoms with van der Waals surface area (Å²) in [6, 6.07) is 7.74. The summed E-state index contributed by atoms with van der Waals surface area (Å²) >= 11 is 5.94. The van der Waals surface area contributed by atoms with Crippen LogP contribution in [0.3, 0.4) is 0 Å². The standard InChI is InChI=1S/C16H21ClN2O2/c1-2-21-15(20)16(9-11-19-10-3-4-14(16)19)18-13-7-5-12(17)6-8-13/h5-8,14,18H,2-4,9-11H2,1H3. The number of anilines is 1. The van der Waals surface area contributed by atoms with Crippen molar-refractivity contribution in [3.8, 4) is 0 Å². The molecule has 0 spiro atoms. The molecule has 2 fully saturated rings. The molecule has 21 heavy (non-hydrogen) atoms. The van der Waals surface area contributed by atoms with E-state index in [1.807, 2.05) is 31.2 Å². The van der Waals surface area contributed by atoms with Crippen LogP contribution in [-0.2, 0) is 9.53 Å². The Bertz CT molecular complexity index is 520. The predicted molar refractivity (Wildman–Crippen MR) is 83.7 cm³/mol. The number of fused-ring (bicyclic) bond motifs is 1. The topological polar surface area (TPSA) is 41.6 Å². The molecule has 0 amide bonds. The first-order valence-electron chi connectivity index (χ1n) is 7.61. The molecule has 1 aromatic rings. The maximum absolute atomic E-state index is 12.6. The van der Waals surface area contributed by atoms with Crippen molar-refractivity contribution in [1.29, 1.82) is 0 Å². The molecule has 2 unspecified atom stereocenters. The quantitative estimate of drug-likeness (QED) is 0.868. The van der Waals surface area contributed by atoms with E-state index < -0.39 is 5.54 Å². The normalized spacial score (nSPS) is 28.4. The highest BCUT2D eigenvalue weighted by Crippen LogP contribution is 2.39. The number of benzene rings is 1. The Morgan fingerprint density at radius 1 is 1.43 bits per heavy atom. The van der Waals surface area contributed by atoms with Crippen LogP contribution in [0.2, 0.25) is 5.02 Å². The Morgan fingerprint density at radius 3 is 2.90 bits per heavy atom. The molecule has 1 aromatic carbocycles. The molecule has 114 valence electrons. The van der Waals surface area contributed by atoms with Gasteiger partial charge < -0.3 is 10.1 Å². The highest BCUT2D eigenvalue weighted by Gasteiger charge is 2.55. The van der Waals surface area contributed by atoms with Gasteiger partial charge in [-0.2, -0.15) is 0 Å². The number of ether oxygens (including phenoxy) is 1. The number of carbonyl (C=O) groups excluding carboxylic acids is 1. The number of rotatable bonds is 4. The van der Waals surface area contributed by atoms with Crippen LogP contribution in [-0.4, -0.2) is 42.1 Å². The van der Waals surface area contributed by atoms with Crippen molar-refractivity contribution in [3.63, 3.8) is 0 Å². The third-order valence-corrected chi connectivity index (χ3v) is 4.83. The van der Waals surface area contributed by atoms with Gasteiger partial charge in [-0.05, 0) is 57.0 Å². The van der Waals surface area contributed by atoms with Gasteiger partial charge in [0.1, 0.15) is 0 Å². The Labute approximate surface area is 130 Å². The van der Waals surface area contributed by atoms with Crippen LogP contribution in [0.4, 0.5) is 5.69 Å². The Hall–Kier alpha value is -1.26. The van der Waals surface area contributed by atoms with Crippen LogP contribution in [0.1, 0.15) is 26.2 Å². The zero-order chi connectivity index (χ0) is 14.9. The van der Waals surface area contributed by atoms with Crippen LogP contribution >= 0.6 is 11.6 Å². The molecule has 5 heteroatoms. The molecule has 2 saturated heterocycles. The maximum atomic E-state index is 12.6. The largest absolute Gasteiger partial charge is 0.464 e. The van der Waals surface area contributed by atoms with Gasteiger partial charge in [-0.3, -0.25) is 4.90 Å². The molecule has 3 rings (SSSR count). The molecule has 0 bridgehead atoms. The first-order valence-corrected chi connectivity index (χ1v) is 7.98. The Kier molecular flexibility index (Phi) is 4.09. The fraction of sp³-hybridized carbons (Fsp3) is 0.562. The van der Waals surface area contributed by atoms with Gasteiger partial charge in [-0.15, -0.1) is 0 Å². The second-order valence-corrected chi connectivity index (χ2v) is 6.20. The highest BCUT2D eigenvalue weighted by molar-refractivity contribution is 6.30. The molecule has 0 radical (unpaired) electrons. The van der Waals surface area contributed by atoms with Gasteiger partial charge in [0.2, 0.25) is 0 Å². The first-order chi connectivity index (χ1) is 10.2. The smallest absolute Gasteiger partial charge is 0.333 e. The average Bonchev–Trinajstić information content (AvgIpc) is 3.06. The zero-order valence-corrected chi connectivity index (χ0v) is 13.0. The van der Waals surface area contributed by atoms with Crippen molar-refractivity contribution in [3.05, 3.63) is 29.3 Å². The second kappa shape index (κ2) is 5.85. The van der Waals surface area contributed by atoms with Crippen molar-refractivity contribution >= 4 is 23.3 Å². The molecule has 2 aliphatic rings. The van der Waals surface area contributed by atoms with Gasteiger partial charge in [0.15, 0.2) is 5.54 Å². The molecule has 2 heterocycles. The van der Waals surface area contributed by atoms with E-state index in [0.717, 1.165) is 38.0 Å². The van der Waals surface area contributed by atoms with Crippen LogP contribution in [0.25, 0.3) is 0 Å². The van der Waals surface area contributed by atoms with Crippen LogP contribution < -0.4 is 5.32 Å².